The number of hydrogen-bond acceptors (Lipinski definition) is 2. The fraction of sp³-hybridized carbons (Fsp3) is 0.0556. The van der Waals surface area contributed by atoms with Crippen LogP contribution in [0, 0.1) is 0 Å². The van der Waals surface area contributed by atoms with E-state index >= 15 is 0 Å². The van der Waals surface area contributed by atoms with Crippen LogP contribution in [-0.4, -0.2) is 10.9 Å². The fourth-order valence-corrected chi connectivity index (χ4v) is 5.60. The number of benzene rings is 5. The molecule has 0 spiro atoms. The van der Waals surface area contributed by atoms with Gasteiger partial charge in [-0.15, -0.1) is 0 Å². The maximum absolute atomic E-state index is 2.35. The van der Waals surface area contributed by atoms with E-state index in [9.17, 15) is 0 Å². The standard InChI is InChI=1S/C36H28N2/c1-2-11-32(12-3-1)38(36-15-8-10-30-9-4-5-14-35(30)36)33-22-20-28(21-23-33)27-16-18-29(19-17-27)31-25-34-13-6-7-24-37(34)26-31/h1-24,26,34H,25H2. The molecule has 5 aromatic rings. The van der Waals surface area contributed by atoms with Gasteiger partial charge in [0.25, 0.3) is 0 Å². The van der Waals surface area contributed by atoms with Gasteiger partial charge in [0.2, 0.25) is 0 Å². The fourth-order valence-electron chi connectivity index (χ4n) is 5.60. The summed E-state index contributed by atoms with van der Waals surface area (Å²) in [6.07, 6.45) is 12.0. The van der Waals surface area contributed by atoms with Crippen LogP contribution in [0.5, 0.6) is 0 Å². The molecule has 0 saturated carbocycles. The van der Waals surface area contributed by atoms with Crippen LogP contribution in [-0.2, 0) is 0 Å². The molecule has 2 nitrogen and oxygen atoms in total. The highest BCUT2D eigenvalue weighted by Crippen LogP contribution is 2.39. The highest BCUT2D eigenvalue weighted by atomic mass is 15.1. The summed E-state index contributed by atoms with van der Waals surface area (Å²) >= 11 is 0. The van der Waals surface area contributed by atoms with E-state index in [0.29, 0.717) is 6.04 Å². The second kappa shape index (κ2) is 9.57. The lowest BCUT2D eigenvalue weighted by molar-refractivity contribution is 0.456. The lowest BCUT2D eigenvalue weighted by atomic mass is 9.98. The van der Waals surface area contributed by atoms with Crippen molar-refractivity contribution in [1.29, 1.82) is 0 Å². The van der Waals surface area contributed by atoms with Crippen molar-refractivity contribution in [2.24, 2.45) is 0 Å². The Hall–Kier alpha value is -4.82. The zero-order chi connectivity index (χ0) is 25.3. The molecular weight excluding hydrogens is 460 g/mol. The van der Waals surface area contributed by atoms with Crippen LogP contribution >= 0.6 is 0 Å². The van der Waals surface area contributed by atoms with Crippen molar-refractivity contribution in [2.75, 3.05) is 4.90 Å². The minimum atomic E-state index is 0.455. The van der Waals surface area contributed by atoms with Crippen molar-refractivity contribution in [3.63, 3.8) is 0 Å². The number of rotatable bonds is 5. The minimum Gasteiger partial charge on any atom is -0.347 e. The van der Waals surface area contributed by atoms with Gasteiger partial charge in [0.05, 0.1) is 11.7 Å². The largest absolute Gasteiger partial charge is 0.347 e. The molecule has 0 bridgehead atoms. The van der Waals surface area contributed by atoms with Crippen molar-refractivity contribution in [1.82, 2.24) is 4.90 Å². The van der Waals surface area contributed by atoms with Crippen LogP contribution < -0.4 is 4.90 Å². The summed E-state index contributed by atoms with van der Waals surface area (Å²) in [6, 6.07) is 44.1. The monoisotopic (exact) mass is 488 g/mol. The van der Waals surface area contributed by atoms with Gasteiger partial charge in [-0.1, -0.05) is 103 Å². The number of fused-ring (bicyclic) bond motifs is 2. The first-order chi connectivity index (χ1) is 18.8. The zero-order valence-corrected chi connectivity index (χ0v) is 21.1. The molecule has 1 unspecified atom stereocenters. The quantitative estimate of drug-likeness (QED) is 0.243. The van der Waals surface area contributed by atoms with Gasteiger partial charge in [-0.05, 0) is 70.5 Å². The maximum atomic E-state index is 2.35. The first-order valence-electron chi connectivity index (χ1n) is 13.2. The number of allylic oxidation sites excluding steroid dienone is 2. The van der Waals surface area contributed by atoms with E-state index < -0.39 is 0 Å². The van der Waals surface area contributed by atoms with Crippen LogP contribution in [0.15, 0.2) is 152 Å². The molecule has 0 amide bonds. The molecule has 0 saturated heterocycles. The molecule has 38 heavy (non-hydrogen) atoms. The van der Waals surface area contributed by atoms with Crippen molar-refractivity contribution in [2.45, 2.75) is 12.5 Å². The van der Waals surface area contributed by atoms with Gasteiger partial charge in [-0.25, -0.2) is 0 Å². The molecule has 0 N–H and O–H groups in total. The number of nitrogens with zero attached hydrogens (tertiary/aromatic N) is 2. The summed E-state index contributed by atoms with van der Waals surface area (Å²) in [5.41, 5.74) is 8.60. The summed E-state index contributed by atoms with van der Waals surface area (Å²) < 4.78 is 0. The SMILES string of the molecule is C1=CC2CC(c3ccc(-c4ccc(N(c5ccccc5)c5cccc6ccccc56)cc4)cc3)=CN2C=C1. The van der Waals surface area contributed by atoms with E-state index in [-0.39, 0.29) is 0 Å². The first kappa shape index (κ1) is 22.4. The molecular formula is C36H28N2. The third-order valence-electron chi connectivity index (χ3n) is 7.56. The molecule has 0 aromatic heterocycles. The second-order valence-corrected chi connectivity index (χ2v) is 9.89. The molecule has 0 fully saturated rings. The van der Waals surface area contributed by atoms with Crippen molar-refractivity contribution >= 4 is 33.4 Å². The highest BCUT2D eigenvalue weighted by molar-refractivity contribution is 5.98. The smallest absolute Gasteiger partial charge is 0.0554 e. The predicted molar refractivity (Wildman–Crippen MR) is 161 cm³/mol. The van der Waals surface area contributed by atoms with E-state index in [2.05, 4.69) is 162 Å². The van der Waals surface area contributed by atoms with E-state index in [1.807, 2.05) is 0 Å². The summed E-state index contributed by atoms with van der Waals surface area (Å²) in [7, 11) is 0. The van der Waals surface area contributed by atoms with E-state index in [4.69, 9.17) is 0 Å². The zero-order valence-electron chi connectivity index (χ0n) is 21.1. The maximum Gasteiger partial charge on any atom is 0.0554 e. The molecule has 2 aliphatic heterocycles. The Kier molecular flexibility index (Phi) is 5.64. The summed E-state index contributed by atoms with van der Waals surface area (Å²) in [5.74, 6) is 0. The number of anilines is 3. The van der Waals surface area contributed by atoms with E-state index in [1.165, 1.54) is 38.7 Å². The minimum absolute atomic E-state index is 0.455. The van der Waals surface area contributed by atoms with Crippen LogP contribution in [0.2, 0.25) is 0 Å². The molecule has 5 aromatic carbocycles. The molecule has 2 aliphatic rings. The molecule has 0 aliphatic carbocycles. The second-order valence-electron chi connectivity index (χ2n) is 9.89. The Morgan fingerprint density at radius 2 is 1.24 bits per heavy atom. The Morgan fingerprint density at radius 3 is 2.03 bits per heavy atom. The van der Waals surface area contributed by atoms with Crippen molar-refractivity contribution < 1.29 is 0 Å². The Morgan fingerprint density at radius 1 is 0.579 bits per heavy atom. The molecule has 182 valence electrons. The molecule has 2 heteroatoms. The van der Waals surface area contributed by atoms with Gasteiger partial charge in [0.15, 0.2) is 0 Å². The molecule has 7 rings (SSSR count). The average Bonchev–Trinajstić information content (AvgIpc) is 3.43. The Balaban J connectivity index is 1.20. The summed E-state index contributed by atoms with van der Waals surface area (Å²) in [4.78, 5) is 4.65. The lowest BCUT2D eigenvalue weighted by Crippen LogP contribution is -2.20. The lowest BCUT2D eigenvalue weighted by Gasteiger charge is -2.27. The third-order valence-corrected chi connectivity index (χ3v) is 7.56. The van der Waals surface area contributed by atoms with Gasteiger partial charge in [-0.2, -0.15) is 0 Å². The molecule has 1 atom stereocenters. The molecule has 0 radical (unpaired) electrons. The normalized spacial score (nSPS) is 15.9. The van der Waals surface area contributed by atoms with Crippen molar-refractivity contribution in [3.05, 3.63) is 158 Å². The van der Waals surface area contributed by atoms with E-state index in [0.717, 1.165) is 17.8 Å². The van der Waals surface area contributed by atoms with E-state index in [1.54, 1.807) is 0 Å². The number of para-hydroxylation sites is 1. The van der Waals surface area contributed by atoms with Gasteiger partial charge in [0.1, 0.15) is 0 Å². The average molecular weight is 489 g/mol. The van der Waals surface area contributed by atoms with Gasteiger partial charge in [-0.3, -0.25) is 0 Å². The van der Waals surface area contributed by atoms with Gasteiger partial charge < -0.3 is 9.80 Å². The van der Waals surface area contributed by atoms with Gasteiger partial charge in [0, 0.05) is 29.2 Å². The predicted octanol–water partition coefficient (Wildman–Crippen LogP) is 9.48. The Bertz CT molecular complexity index is 1670. The van der Waals surface area contributed by atoms with Crippen LogP contribution in [0.4, 0.5) is 17.1 Å². The third kappa shape index (κ3) is 4.10. The van der Waals surface area contributed by atoms with Crippen LogP contribution in [0.3, 0.4) is 0 Å². The summed E-state index contributed by atoms with van der Waals surface area (Å²) in [5, 5.41) is 2.48. The van der Waals surface area contributed by atoms with Crippen LogP contribution in [0.1, 0.15) is 12.0 Å². The first-order valence-corrected chi connectivity index (χ1v) is 13.2. The van der Waals surface area contributed by atoms with Gasteiger partial charge >= 0.3 is 0 Å². The Labute approximate surface area is 224 Å². The van der Waals surface area contributed by atoms with Crippen LogP contribution in [0.25, 0.3) is 27.5 Å². The molecule has 2 heterocycles. The highest BCUT2D eigenvalue weighted by Gasteiger charge is 2.22. The van der Waals surface area contributed by atoms with Crippen molar-refractivity contribution in [3.8, 4) is 11.1 Å². The number of hydrogen-bond donors (Lipinski definition) is 0. The summed E-state index contributed by atoms with van der Waals surface area (Å²) in [6.45, 7) is 0. The topological polar surface area (TPSA) is 6.48 Å².